The number of nitrogens with zero attached hydrogens (tertiary/aromatic N) is 1. The van der Waals surface area contributed by atoms with Gasteiger partial charge in [0.05, 0.1) is 19.1 Å². The summed E-state index contributed by atoms with van der Waals surface area (Å²) in [7, 11) is 2.69. The van der Waals surface area contributed by atoms with E-state index in [-0.39, 0.29) is 12.3 Å². The van der Waals surface area contributed by atoms with Gasteiger partial charge in [-0.05, 0) is 26.6 Å². The predicted molar refractivity (Wildman–Crippen MR) is 85.6 cm³/mol. The van der Waals surface area contributed by atoms with E-state index in [9.17, 15) is 0 Å². The van der Waals surface area contributed by atoms with E-state index in [0.29, 0.717) is 13.2 Å². The van der Waals surface area contributed by atoms with Crippen molar-refractivity contribution in [1.82, 2.24) is 16.2 Å². The minimum Gasteiger partial charge on any atom is -0.375 e. The van der Waals surface area contributed by atoms with Gasteiger partial charge in [0.1, 0.15) is 6.23 Å². The second-order valence-electron chi connectivity index (χ2n) is 4.46. The van der Waals surface area contributed by atoms with Crippen LogP contribution in [0.2, 0.25) is 0 Å². The van der Waals surface area contributed by atoms with Crippen LogP contribution in [0.15, 0.2) is 16.3 Å². The predicted octanol–water partition coefficient (Wildman–Crippen LogP) is 1.20. The lowest BCUT2D eigenvalue weighted by atomic mass is 10.2. The zero-order valence-corrected chi connectivity index (χ0v) is 13.7. The Balaban J connectivity index is 2.20. The smallest absolute Gasteiger partial charge is 0.125 e. The van der Waals surface area contributed by atoms with Crippen LogP contribution >= 0.6 is 20.4 Å². The highest BCUT2D eigenvalue weighted by Crippen LogP contribution is 2.18. The summed E-state index contributed by atoms with van der Waals surface area (Å²) in [6.07, 6.45) is 6.40. The van der Waals surface area contributed by atoms with Crippen molar-refractivity contribution in [1.29, 1.82) is 0 Å². The summed E-state index contributed by atoms with van der Waals surface area (Å²) >= 11 is 5.33. The third-order valence-electron chi connectivity index (χ3n) is 2.76. The van der Waals surface area contributed by atoms with Crippen molar-refractivity contribution in [2.75, 3.05) is 33.2 Å². The average molecular weight is 323 g/mol. The maximum atomic E-state index is 5.81. The van der Waals surface area contributed by atoms with Crippen LogP contribution < -0.4 is 16.2 Å². The summed E-state index contributed by atoms with van der Waals surface area (Å²) in [6, 6.07) is 0. The lowest BCUT2D eigenvalue weighted by Gasteiger charge is -2.15. The van der Waals surface area contributed by atoms with Crippen molar-refractivity contribution in [2.24, 2.45) is 4.51 Å². The van der Waals surface area contributed by atoms with Gasteiger partial charge in [0.15, 0.2) is 0 Å². The fraction of sp³-hybridized carbons (Fsp3) is 0.750. The molecule has 1 rings (SSSR count). The van der Waals surface area contributed by atoms with Crippen LogP contribution in [0.5, 0.6) is 0 Å². The Hall–Kier alpha value is -0.230. The van der Waals surface area contributed by atoms with Crippen LogP contribution in [0.25, 0.3) is 0 Å². The maximum Gasteiger partial charge on any atom is 0.125 e. The van der Waals surface area contributed by atoms with E-state index in [2.05, 4.69) is 27.3 Å². The lowest BCUT2D eigenvalue weighted by molar-refractivity contribution is -0.0204. The second kappa shape index (κ2) is 11.4. The van der Waals surface area contributed by atoms with Crippen molar-refractivity contribution in [3.8, 4) is 0 Å². The molecule has 1 heterocycles. The number of nitrogens with one attached hydrogen (secondary N) is 3. The fourth-order valence-electron chi connectivity index (χ4n) is 1.85. The molecule has 3 N–H and O–H groups in total. The molecular formula is C12H24ClN4O2P. The minimum absolute atomic E-state index is 0.00713. The third-order valence-corrected chi connectivity index (χ3v) is 3.35. The number of halogens is 1. The Morgan fingerprint density at radius 2 is 2.40 bits per heavy atom. The zero-order chi connectivity index (χ0) is 14.6. The molecular weight excluding hydrogens is 299 g/mol. The van der Waals surface area contributed by atoms with Crippen LogP contribution in [0, 0.1) is 0 Å². The van der Waals surface area contributed by atoms with E-state index in [1.54, 1.807) is 6.21 Å². The SMILES string of the molecule is CNCC(C=NCl)=CNNC1CCC(COCPC)O1. The van der Waals surface area contributed by atoms with Crippen LogP contribution in [-0.4, -0.2) is 51.8 Å². The molecule has 0 aliphatic carbocycles. The van der Waals surface area contributed by atoms with Gasteiger partial charge in [0.2, 0.25) is 0 Å². The molecule has 3 atom stereocenters. The molecule has 8 heteroatoms. The van der Waals surface area contributed by atoms with Gasteiger partial charge in [-0.15, -0.1) is 0 Å². The second-order valence-corrected chi connectivity index (χ2v) is 5.65. The molecule has 0 radical (unpaired) electrons. The van der Waals surface area contributed by atoms with Crippen LogP contribution in [0.4, 0.5) is 0 Å². The first-order valence-corrected chi connectivity index (χ1v) is 8.71. The Morgan fingerprint density at radius 3 is 3.10 bits per heavy atom. The number of hydrogen-bond donors (Lipinski definition) is 3. The first-order valence-electron chi connectivity index (χ1n) is 6.67. The molecule has 1 aliphatic rings. The van der Waals surface area contributed by atoms with Crippen molar-refractivity contribution < 1.29 is 9.47 Å². The van der Waals surface area contributed by atoms with Crippen molar-refractivity contribution in [3.63, 3.8) is 0 Å². The van der Waals surface area contributed by atoms with Gasteiger partial charge in [0, 0.05) is 36.3 Å². The van der Waals surface area contributed by atoms with Gasteiger partial charge < -0.3 is 20.2 Å². The Bertz CT molecular complexity index is 318. The molecule has 1 saturated heterocycles. The highest BCUT2D eigenvalue weighted by atomic mass is 35.5. The lowest BCUT2D eigenvalue weighted by Crippen LogP contribution is -2.38. The summed E-state index contributed by atoms with van der Waals surface area (Å²) in [5, 5.41) is 3.03. The van der Waals surface area contributed by atoms with E-state index >= 15 is 0 Å². The molecule has 0 spiro atoms. The van der Waals surface area contributed by atoms with Crippen molar-refractivity contribution in [3.05, 3.63) is 11.8 Å². The molecule has 20 heavy (non-hydrogen) atoms. The first kappa shape index (κ1) is 17.8. The molecule has 0 saturated carbocycles. The minimum atomic E-state index is 0.00713. The molecule has 0 aromatic rings. The van der Waals surface area contributed by atoms with Gasteiger partial charge in [-0.2, -0.15) is 4.51 Å². The Labute approximate surface area is 127 Å². The number of hydrogen-bond acceptors (Lipinski definition) is 6. The summed E-state index contributed by atoms with van der Waals surface area (Å²) < 4.78 is 14.8. The summed E-state index contributed by atoms with van der Waals surface area (Å²) in [4.78, 5) is 0. The number of likely N-dealkylation sites (N-methyl/N-ethyl adjacent to an activating group) is 1. The topological polar surface area (TPSA) is 66.9 Å². The molecule has 0 amide bonds. The normalized spacial score (nSPS) is 24.2. The Kier molecular flexibility index (Phi) is 10.2. The third kappa shape index (κ3) is 7.53. The van der Waals surface area contributed by atoms with E-state index in [0.717, 1.165) is 33.3 Å². The molecule has 0 aromatic heterocycles. The molecule has 1 aliphatic heterocycles. The number of rotatable bonds is 10. The van der Waals surface area contributed by atoms with Gasteiger partial charge in [-0.1, -0.05) is 8.58 Å². The van der Waals surface area contributed by atoms with Gasteiger partial charge in [-0.25, -0.2) is 5.43 Å². The molecule has 0 aromatic carbocycles. The number of hydrazine groups is 1. The standard InChI is InChI=1S/C12H24ClN4O2P/c1-14-5-10(6-15-13)7-16-17-12-4-3-11(19-12)8-18-9-20-2/h6-7,11-12,14,16-17,20H,3-5,8-9H2,1-2H3. The van der Waals surface area contributed by atoms with Gasteiger partial charge >= 0.3 is 0 Å². The molecule has 3 unspecified atom stereocenters. The van der Waals surface area contributed by atoms with E-state index in [1.807, 2.05) is 13.2 Å². The fourth-order valence-corrected chi connectivity index (χ4v) is 2.30. The first-order chi connectivity index (χ1) is 9.80. The van der Waals surface area contributed by atoms with Crippen molar-refractivity contribution >= 4 is 26.6 Å². The van der Waals surface area contributed by atoms with E-state index < -0.39 is 0 Å². The van der Waals surface area contributed by atoms with Crippen LogP contribution in [-0.2, 0) is 9.47 Å². The molecule has 6 nitrogen and oxygen atoms in total. The quantitative estimate of drug-likeness (QED) is 0.244. The zero-order valence-electron chi connectivity index (χ0n) is 12.0. The maximum absolute atomic E-state index is 5.81. The van der Waals surface area contributed by atoms with Crippen LogP contribution in [0.1, 0.15) is 12.8 Å². The largest absolute Gasteiger partial charge is 0.375 e. The summed E-state index contributed by atoms with van der Waals surface area (Å²) in [5.74, 6) is 0. The summed E-state index contributed by atoms with van der Waals surface area (Å²) in [6.45, 7) is 3.49. The monoisotopic (exact) mass is 322 g/mol. The van der Waals surface area contributed by atoms with Crippen molar-refractivity contribution in [2.45, 2.75) is 25.2 Å². The Morgan fingerprint density at radius 1 is 1.55 bits per heavy atom. The van der Waals surface area contributed by atoms with E-state index in [4.69, 9.17) is 21.3 Å². The van der Waals surface area contributed by atoms with Crippen LogP contribution in [0.3, 0.4) is 0 Å². The number of ether oxygens (including phenoxy) is 2. The van der Waals surface area contributed by atoms with E-state index in [1.165, 1.54) is 0 Å². The summed E-state index contributed by atoms with van der Waals surface area (Å²) in [5.41, 5.74) is 7.07. The molecule has 0 bridgehead atoms. The average Bonchev–Trinajstić information content (AvgIpc) is 2.87. The molecule has 1 fully saturated rings. The van der Waals surface area contributed by atoms with Gasteiger partial charge in [0.25, 0.3) is 0 Å². The molecule has 116 valence electrons. The van der Waals surface area contributed by atoms with Gasteiger partial charge in [-0.3, -0.25) is 0 Å². The highest BCUT2D eigenvalue weighted by Gasteiger charge is 2.24. The highest BCUT2D eigenvalue weighted by molar-refractivity contribution is 7.36.